The predicted octanol–water partition coefficient (Wildman–Crippen LogP) is 8.68. The van der Waals surface area contributed by atoms with Crippen LogP contribution in [0.25, 0.3) is 0 Å². The van der Waals surface area contributed by atoms with Gasteiger partial charge in [0.1, 0.15) is 0 Å². The van der Waals surface area contributed by atoms with Gasteiger partial charge in [0.25, 0.3) is 0 Å². The molecule has 0 saturated heterocycles. The Morgan fingerprint density at radius 1 is 0.694 bits per heavy atom. The second kappa shape index (κ2) is 21.6. The first-order valence-corrected chi connectivity index (χ1v) is 17.7. The van der Waals surface area contributed by atoms with Gasteiger partial charge in [0.15, 0.2) is 0 Å². The van der Waals surface area contributed by atoms with E-state index in [1.807, 2.05) is 0 Å². The van der Waals surface area contributed by atoms with Crippen molar-refractivity contribution in [1.82, 2.24) is 0 Å². The molecule has 0 heterocycles. The Morgan fingerprint density at radius 3 is 1.47 bits per heavy atom. The average Bonchev–Trinajstić information content (AvgIpc) is 2.76. The second-order valence-electron chi connectivity index (χ2n) is 11.5. The summed E-state index contributed by atoms with van der Waals surface area (Å²) in [5.74, 6) is 1.48. The standard InChI is InChI=1S/C28H59O3P.2H2O.O.Ti/c1-11-13-15-17-18-20-22-30-32(29)31-28(25(7)8,26(9)10)27(23(3)4,24(5)6)21-19-16-14-12-2;;;;/h23-26,29H,11-22H2,1-10H3;2*1H2;;/q;;;;+2/p-2. The number of rotatable bonds is 20. The first-order valence-electron chi connectivity index (χ1n) is 14.5. The topological polar surface area (TPSA) is 96.2 Å². The molecule has 3 N–H and O–H groups in total. The Morgan fingerprint density at radius 2 is 1.08 bits per heavy atom. The quantitative estimate of drug-likeness (QED) is 0.0767. The summed E-state index contributed by atoms with van der Waals surface area (Å²) in [6.45, 7) is 23.7. The molecule has 0 aliphatic rings. The fourth-order valence-corrected chi connectivity index (χ4v) is 7.59. The van der Waals surface area contributed by atoms with Crippen molar-refractivity contribution in [1.29, 1.82) is 0 Å². The first-order chi connectivity index (χ1) is 16.8. The summed E-state index contributed by atoms with van der Waals surface area (Å²) in [5.41, 5.74) is -0.445. The van der Waals surface area contributed by atoms with Crippen LogP contribution < -0.4 is 0 Å². The summed E-state index contributed by atoms with van der Waals surface area (Å²) in [7, 11) is -1.90. The van der Waals surface area contributed by atoms with Crippen LogP contribution in [0.15, 0.2) is 0 Å². The van der Waals surface area contributed by atoms with E-state index in [1.165, 1.54) is 57.8 Å². The molecule has 0 radical (unpaired) electrons. The van der Waals surface area contributed by atoms with Crippen LogP contribution in [0.3, 0.4) is 0 Å². The molecule has 0 saturated carbocycles. The van der Waals surface area contributed by atoms with Gasteiger partial charge in [-0.3, -0.25) is 0 Å². The van der Waals surface area contributed by atoms with Gasteiger partial charge >= 0.3 is 37.9 Å². The molecule has 0 aliphatic carbocycles. The molecule has 0 rings (SSSR count). The zero-order valence-electron chi connectivity index (χ0n) is 25.3. The van der Waals surface area contributed by atoms with Crippen LogP contribution in [0.4, 0.5) is 0 Å². The van der Waals surface area contributed by atoms with Crippen molar-refractivity contribution in [2.24, 2.45) is 29.1 Å². The monoisotopic (exact) mass is 572 g/mol. The molecule has 8 heteroatoms. The molecular formula is C28H61O6PTi. The first kappa shape index (κ1) is 38.9. The number of unbranched alkanes of at least 4 members (excludes halogenated alkanes) is 8. The van der Waals surface area contributed by atoms with Crippen LogP contribution in [0.5, 0.6) is 0 Å². The van der Waals surface area contributed by atoms with Crippen molar-refractivity contribution in [2.75, 3.05) is 6.61 Å². The maximum atomic E-state index is 11.0. The Labute approximate surface area is 232 Å². The Hall–Kier alpha value is 0.744. The fourth-order valence-electron chi connectivity index (χ4n) is 6.40. The molecule has 218 valence electrons. The molecule has 36 heavy (non-hydrogen) atoms. The van der Waals surface area contributed by atoms with E-state index >= 15 is 0 Å². The van der Waals surface area contributed by atoms with E-state index in [9.17, 15) is 4.89 Å². The molecule has 1 unspecified atom stereocenters. The third-order valence-electron chi connectivity index (χ3n) is 7.88. The van der Waals surface area contributed by atoms with Gasteiger partial charge in [-0.2, -0.15) is 0 Å². The molecule has 0 spiro atoms. The van der Waals surface area contributed by atoms with Gasteiger partial charge < -0.3 is 13.9 Å². The Balaban J connectivity index is 0. The van der Waals surface area contributed by atoms with E-state index in [0.717, 1.165) is 12.8 Å². The SMILES string of the molecule is CCCCCCCCOP(O)OC(C(C)C)(C(C)C)C(CCCCCC)(C(C)C)C(C)C.[O]=[Ti]([OH])[OH]. The number of hydrogen-bond donors (Lipinski definition) is 3. The molecule has 0 aromatic rings. The van der Waals surface area contributed by atoms with Crippen LogP contribution in [-0.4, -0.2) is 24.5 Å². The normalized spacial score (nSPS) is 13.5. The van der Waals surface area contributed by atoms with E-state index in [-0.39, 0.29) is 17.3 Å². The molecule has 0 aromatic carbocycles. The van der Waals surface area contributed by atoms with Gasteiger partial charge in [-0.05, 0) is 36.5 Å². The Kier molecular flexibility index (Phi) is 23.3. The van der Waals surface area contributed by atoms with Gasteiger partial charge in [0.2, 0.25) is 0 Å². The zero-order valence-corrected chi connectivity index (χ0v) is 27.8. The molecule has 0 aliphatic heterocycles. The molecule has 0 amide bonds. The van der Waals surface area contributed by atoms with E-state index in [4.69, 9.17) is 19.7 Å². The van der Waals surface area contributed by atoms with E-state index < -0.39 is 32.8 Å². The molecule has 0 aromatic heterocycles. The van der Waals surface area contributed by atoms with E-state index in [0.29, 0.717) is 18.4 Å². The van der Waals surface area contributed by atoms with Crippen LogP contribution in [-0.2, 0) is 31.0 Å². The summed E-state index contributed by atoms with van der Waals surface area (Å²) in [4.78, 5) is 11.0. The van der Waals surface area contributed by atoms with Crippen LogP contribution in [0.1, 0.15) is 140 Å². The summed E-state index contributed by atoms with van der Waals surface area (Å²) < 4.78 is 35.9. The fraction of sp³-hybridized carbons (Fsp3) is 1.00. The summed E-state index contributed by atoms with van der Waals surface area (Å²) in [6, 6.07) is 0. The van der Waals surface area contributed by atoms with E-state index in [2.05, 4.69) is 69.2 Å². The van der Waals surface area contributed by atoms with Gasteiger partial charge in [0, 0.05) is 5.41 Å². The third kappa shape index (κ3) is 13.2. The van der Waals surface area contributed by atoms with Crippen LogP contribution in [0, 0.1) is 29.1 Å². The third-order valence-corrected chi connectivity index (χ3v) is 8.74. The molecule has 0 fully saturated rings. The zero-order chi connectivity index (χ0) is 28.4. The molecule has 6 nitrogen and oxygen atoms in total. The van der Waals surface area contributed by atoms with Crippen molar-refractivity contribution < 1.29 is 43.3 Å². The van der Waals surface area contributed by atoms with E-state index in [1.54, 1.807) is 0 Å². The average molecular weight is 573 g/mol. The van der Waals surface area contributed by atoms with Gasteiger partial charge in [0.05, 0.1) is 12.2 Å². The minimum atomic E-state index is -3.58. The second-order valence-corrected chi connectivity index (χ2v) is 13.3. The van der Waals surface area contributed by atoms with Crippen LogP contribution in [0.2, 0.25) is 0 Å². The van der Waals surface area contributed by atoms with Crippen molar-refractivity contribution in [3.8, 4) is 0 Å². The molecule has 1 atom stereocenters. The maximum absolute atomic E-state index is 11.0. The summed E-state index contributed by atoms with van der Waals surface area (Å²) in [6.07, 6.45) is 13.5. The number of hydrogen-bond acceptors (Lipinski definition) is 4. The van der Waals surface area contributed by atoms with Crippen LogP contribution >= 0.6 is 8.60 Å². The van der Waals surface area contributed by atoms with Gasteiger partial charge in [-0.1, -0.05) is 127 Å². The van der Waals surface area contributed by atoms with Gasteiger partial charge in [-0.25, -0.2) is 0 Å². The van der Waals surface area contributed by atoms with Crippen molar-refractivity contribution >= 4 is 8.60 Å². The van der Waals surface area contributed by atoms with Crippen molar-refractivity contribution in [3.63, 3.8) is 0 Å². The molecule has 0 bridgehead atoms. The summed E-state index contributed by atoms with van der Waals surface area (Å²) in [5, 5.41) is 0. The van der Waals surface area contributed by atoms with Crippen molar-refractivity contribution in [2.45, 2.75) is 145 Å². The summed E-state index contributed by atoms with van der Waals surface area (Å²) >= 11 is -3.58. The predicted molar refractivity (Wildman–Crippen MR) is 148 cm³/mol. The van der Waals surface area contributed by atoms with Crippen molar-refractivity contribution in [3.05, 3.63) is 0 Å². The van der Waals surface area contributed by atoms with Gasteiger partial charge in [-0.15, -0.1) is 0 Å². The molecular weight excluding hydrogens is 511 g/mol. The minimum absolute atomic E-state index is 0.0180. The Bertz CT molecular complexity index is 522.